The summed E-state index contributed by atoms with van der Waals surface area (Å²) in [5.41, 5.74) is -2.37. The Hall–Kier alpha value is -2.32. The van der Waals surface area contributed by atoms with E-state index in [0.717, 1.165) is 4.90 Å². The summed E-state index contributed by atoms with van der Waals surface area (Å²) in [7, 11) is 0. The Kier molecular flexibility index (Phi) is 8.48. The molecule has 0 spiro atoms. The van der Waals surface area contributed by atoms with Crippen molar-refractivity contribution < 1.29 is 28.6 Å². The number of nitrogens with zero attached hydrogens (tertiary/aromatic N) is 2. The molecule has 1 N–H and O–H groups in total. The molecule has 0 bridgehead atoms. The number of nitrogens with one attached hydrogen (secondary N) is 1. The molecule has 0 aliphatic carbocycles. The van der Waals surface area contributed by atoms with Crippen molar-refractivity contribution in [3.63, 3.8) is 0 Å². The van der Waals surface area contributed by atoms with Crippen LogP contribution in [0.15, 0.2) is 4.99 Å². The van der Waals surface area contributed by atoms with Gasteiger partial charge in [0.05, 0.1) is 0 Å². The Morgan fingerprint density at radius 1 is 0.786 bits per heavy atom. The topological polar surface area (TPSA) is 107 Å². The summed E-state index contributed by atoms with van der Waals surface area (Å²) < 4.78 is 15.7. The Morgan fingerprint density at radius 2 is 1.21 bits per heavy atom. The maximum atomic E-state index is 12.7. The second-order valence-corrected chi connectivity index (χ2v) is 9.49. The van der Waals surface area contributed by atoms with Gasteiger partial charge in [0, 0.05) is 6.04 Å². The van der Waals surface area contributed by atoms with Gasteiger partial charge in [0.15, 0.2) is 0 Å². The van der Waals surface area contributed by atoms with Crippen LogP contribution in [0.3, 0.4) is 0 Å². The van der Waals surface area contributed by atoms with Crippen molar-refractivity contribution in [2.75, 3.05) is 0 Å². The minimum atomic E-state index is -0.965. The summed E-state index contributed by atoms with van der Waals surface area (Å²) in [6.07, 6.45) is -2.61. The van der Waals surface area contributed by atoms with E-state index in [2.05, 4.69) is 10.3 Å². The van der Waals surface area contributed by atoms with Crippen molar-refractivity contribution in [2.45, 2.75) is 99.0 Å². The lowest BCUT2D eigenvalue weighted by molar-refractivity contribution is 0.0319. The third-order valence-electron chi connectivity index (χ3n) is 2.54. The second kappa shape index (κ2) is 9.25. The fourth-order valence-electron chi connectivity index (χ4n) is 1.76. The van der Waals surface area contributed by atoms with Gasteiger partial charge in [-0.3, -0.25) is 5.32 Å². The van der Waals surface area contributed by atoms with Gasteiger partial charge in [0.2, 0.25) is 5.96 Å². The zero-order chi connectivity index (χ0) is 22.5. The van der Waals surface area contributed by atoms with E-state index in [0.29, 0.717) is 0 Å². The second-order valence-electron chi connectivity index (χ2n) is 9.49. The first-order valence-electron chi connectivity index (χ1n) is 9.14. The van der Waals surface area contributed by atoms with Crippen molar-refractivity contribution >= 4 is 24.2 Å². The molecule has 162 valence electrons. The molecule has 0 aromatic rings. The maximum absolute atomic E-state index is 12.7. The summed E-state index contributed by atoms with van der Waals surface area (Å²) in [4.78, 5) is 41.9. The Labute approximate surface area is 167 Å². The largest absolute Gasteiger partial charge is 0.444 e. The van der Waals surface area contributed by atoms with Gasteiger partial charge < -0.3 is 14.2 Å². The highest BCUT2D eigenvalue weighted by molar-refractivity contribution is 6.05. The average molecular weight is 402 g/mol. The van der Waals surface area contributed by atoms with E-state index in [1.54, 1.807) is 76.2 Å². The molecule has 0 saturated heterocycles. The minimum Gasteiger partial charge on any atom is -0.444 e. The summed E-state index contributed by atoms with van der Waals surface area (Å²) in [5.74, 6) is -0.340. The lowest BCUT2D eigenvalue weighted by atomic mass is 10.2. The van der Waals surface area contributed by atoms with Gasteiger partial charge in [0.25, 0.3) is 0 Å². The van der Waals surface area contributed by atoms with Crippen LogP contribution < -0.4 is 5.32 Å². The van der Waals surface area contributed by atoms with E-state index in [1.807, 2.05) is 0 Å². The molecule has 0 radical (unpaired) electrons. The van der Waals surface area contributed by atoms with Gasteiger partial charge in [-0.2, -0.15) is 0 Å². The molecular weight excluding hydrogens is 366 g/mol. The predicted octanol–water partition coefficient (Wildman–Crippen LogP) is 4.45. The van der Waals surface area contributed by atoms with E-state index in [-0.39, 0.29) is 5.96 Å². The van der Waals surface area contributed by atoms with Crippen LogP contribution >= 0.6 is 0 Å². The molecule has 0 aliphatic rings. The normalized spacial score (nSPS) is 13.1. The number of amides is 3. The van der Waals surface area contributed by atoms with Gasteiger partial charge in [-0.05, 0) is 76.2 Å². The van der Waals surface area contributed by atoms with E-state index in [9.17, 15) is 14.4 Å². The molecule has 0 fully saturated rings. The van der Waals surface area contributed by atoms with Crippen LogP contribution in [0.4, 0.5) is 14.4 Å². The van der Waals surface area contributed by atoms with Gasteiger partial charge in [-0.1, -0.05) is 0 Å². The van der Waals surface area contributed by atoms with Gasteiger partial charge >= 0.3 is 18.3 Å². The average Bonchev–Trinajstić information content (AvgIpc) is 2.29. The Morgan fingerprint density at radius 3 is 1.57 bits per heavy atom. The highest BCUT2D eigenvalue weighted by atomic mass is 16.6. The number of hydrogen-bond donors (Lipinski definition) is 1. The van der Waals surface area contributed by atoms with Crippen molar-refractivity contribution in [1.29, 1.82) is 0 Å². The molecule has 0 unspecified atom stereocenters. The number of guanidine groups is 1. The fraction of sp³-hybridized carbons (Fsp3) is 0.789. The van der Waals surface area contributed by atoms with Gasteiger partial charge in [-0.25, -0.2) is 19.3 Å². The number of rotatable bonds is 1. The molecule has 0 aromatic heterocycles. The summed E-state index contributed by atoms with van der Waals surface area (Å²) in [5, 5.41) is 2.35. The molecule has 28 heavy (non-hydrogen) atoms. The first kappa shape index (κ1) is 25.7. The molecule has 0 atom stereocenters. The summed E-state index contributed by atoms with van der Waals surface area (Å²) in [6.45, 7) is 18.6. The quantitative estimate of drug-likeness (QED) is 0.395. The van der Waals surface area contributed by atoms with Crippen LogP contribution in [0.5, 0.6) is 0 Å². The zero-order valence-electron chi connectivity index (χ0n) is 18.9. The standard InChI is InChI=1S/C19H35N3O6/c1-12(2)22(16(25)28-19(9,10)11)13(20-14(23)26-17(3,4)5)21-15(24)27-18(6,7)8/h12H,1-11H3,(H,20,21,23,24). The number of carbonyl (C=O) groups is 3. The van der Waals surface area contributed by atoms with E-state index in [1.165, 1.54) is 0 Å². The third kappa shape index (κ3) is 11.4. The smallest absolute Gasteiger partial charge is 0.437 e. The zero-order valence-corrected chi connectivity index (χ0v) is 18.9. The molecule has 9 nitrogen and oxygen atoms in total. The fourth-order valence-corrected chi connectivity index (χ4v) is 1.76. The molecule has 3 amide bonds. The van der Waals surface area contributed by atoms with Gasteiger partial charge in [0.1, 0.15) is 16.8 Å². The molecule has 9 heteroatoms. The van der Waals surface area contributed by atoms with Crippen LogP contribution in [0.1, 0.15) is 76.2 Å². The van der Waals surface area contributed by atoms with Gasteiger partial charge in [-0.15, -0.1) is 4.99 Å². The SMILES string of the molecule is CC(C)N(C(=O)OC(C)(C)C)/C(=N\C(=O)OC(C)(C)C)NC(=O)OC(C)(C)C. The van der Waals surface area contributed by atoms with Crippen molar-refractivity contribution in [3.05, 3.63) is 0 Å². The van der Waals surface area contributed by atoms with Crippen molar-refractivity contribution in [3.8, 4) is 0 Å². The summed E-state index contributed by atoms with van der Waals surface area (Å²) in [6, 6.07) is -0.481. The molecular formula is C19H35N3O6. The first-order valence-corrected chi connectivity index (χ1v) is 9.14. The molecule has 0 heterocycles. The third-order valence-corrected chi connectivity index (χ3v) is 2.54. The lowest BCUT2D eigenvalue weighted by Crippen LogP contribution is -2.53. The van der Waals surface area contributed by atoms with Crippen molar-refractivity contribution in [1.82, 2.24) is 10.2 Å². The van der Waals surface area contributed by atoms with E-state index >= 15 is 0 Å². The number of ether oxygens (including phenoxy) is 3. The van der Waals surface area contributed by atoms with Crippen LogP contribution in [0.25, 0.3) is 0 Å². The first-order chi connectivity index (χ1) is 12.3. The monoisotopic (exact) mass is 401 g/mol. The van der Waals surface area contributed by atoms with Crippen molar-refractivity contribution in [2.24, 2.45) is 4.99 Å². The molecule has 0 aromatic carbocycles. The highest BCUT2D eigenvalue weighted by Crippen LogP contribution is 2.14. The summed E-state index contributed by atoms with van der Waals surface area (Å²) >= 11 is 0. The van der Waals surface area contributed by atoms with Crippen LogP contribution in [0.2, 0.25) is 0 Å². The van der Waals surface area contributed by atoms with Crippen LogP contribution in [-0.2, 0) is 14.2 Å². The molecule has 0 saturated carbocycles. The maximum Gasteiger partial charge on any atom is 0.437 e. The van der Waals surface area contributed by atoms with E-state index < -0.39 is 41.1 Å². The molecule has 0 rings (SSSR count). The van der Waals surface area contributed by atoms with Crippen LogP contribution in [0, 0.1) is 0 Å². The highest BCUT2D eigenvalue weighted by Gasteiger charge is 2.31. The minimum absolute atomic E-state index is 0.340. The Balaban J connectivity index is 5.91. The Bertz CT molecular complexity index is 607. The van der Waals surface area contributed by atoms with E-state index in [4.69, 9.17) is 14.2 Å². The lowest BCUT2D eigenvalue weighted by Gasteiger charge is -2.31. The van der Waals surface area contributed by atoms with Crippen LogP contribution in [-0.4, -0.2) is 52.0 Å². The predicted molar refractivity (Wildman–Crippen MR) is 106 cm³/mol. The number of carbonyl (C=O) groups excluding carboxylic acids is 3. The number of aliphatic imine (C=N–C) groups is 1. The molecule has 0 aliphatic heterocycles. The number of hydrogen-bond acceptors (Lipinski definition) is 6. The number of alkyl carbamates (subject to hydrolysis) is 1.